The molecule has 4 rings (SSSR count). The minimum atomic E-state index is -2.97. The molecule has 0 fully saturated rings. The Morgan fingerprint density at radius 2 is 1.78 bits per heavy atom. The molecule has 1 aromatic heterocycles. The van der Waals surface area contributed by atoms with Crippen molar-refractivity contribution in [1.82, 2.24) is 14.9 Å². The lowest BCUT2D eigenvalue weighted by atomic mass is 9.89. The zero-order valence-electron chi connectivity index (χ0n) is 24.8. The molecule has 0 atom stereocenters. The predicted octanol–water partition coefficient (Wildman–Crippen LogP) is 7.54. The summed E-state index contributed by atoms with van der Waals surface area (Å²) >= 11 is 0. The van der Waals surface area contributed by atoms with Gasteiger partial charge in [-0.25, -0.2) is 13.8 Å². The van der Waals surface area contributed by atoms with Crippen LogP contribution in [0.5, 0.6) is 5.75 Å². The van der Waals surface area contributed by atoms with Crippen LogP contribution in [0.4, 0.5) is 14.5 Å². The normalized spacial score (nSPS) is 11.7. The Morgan fingerprint density at radius 3 is 2.44 bits per heavy atom. The molecular weight excluding hydrogens is 522 g/mol. The first-order chi connectivity index (χ1) is 19.5. The van der Waals surface area contributed by atoms with Crippen molar-refractivity contribution in [3.8, 4) is 28.3 Å². The number of hydrogen-bond donors (Lipinski definition) is 2. The van der Waals surface area contributed by atoms with Gasteiger partial charge in [-0.15, -0.1) is 0 Å². The van der Waals surface area contributed by atoms with Crippen molar-refractivity contribution in [2.45, 2.75) is 46.5 Å². The molecule has 1 heterocycles. The van der Waals surface area contributed by atoms with Crippen LogP contribution in [0.1, 0.15) is 51.8 Å². The van der Waals surface area contributed by atoms with E-state index in [1.807, 2.05) is 33.2 Å². The van der Waals surface area contributed by atoms with Gasteiger partial charge in [-0.3, -0.25) is 4.79 Å². The van der Waals surface area contributed by atoms with E-state index in [1.165, 1.54) is 25.1 Å². The summed E-state index contributed by atoms with van der Waals surface area (Å²) in [6.07, 6.45) is 0.433. The lowest BCUT2D eigenvalue weighted by Crippen LogP contribution is -2.16. The van der Waals surface area contributed by atoms with E-state index >= 15 is 0 Å². The van der Waals surface area contributed by atoms with Crippen LogP contribution in [-0.4, -0.2) is 48.5 Å². The Balaban J connectivity index is 1.78. The highest BCUT2D eigenvalue weighted by molar-refractivity contribution is 6.04. The van der Waals surface area contributed by atoms with Gasteiger partial charge in [0.2, 0.25) is 0 Å². The Kier molecular flexibility index (Phi) is 8.92. The Bertz CT molecular complexity index is 1560. The summed E-state index contributed by atoms with van der Waals surface area (Å²) in [6.45, 7) is 8.14. The van der Waals surface area contributed by atoms with Gasteiger partial charge < -0.3 is 19.9 Å². The molecule has 8 heteroatoms. The van der Waals surface area contributed by atoms with Gasteiger partial charge >= 0.3 is 0 Å². The van der Waals surface area contributed by atoms with Crippen LogP contribution in [0.3, 0.4) is 0 Å². The lowest BCUT2D eigenvalue weighted by Gasteiger charge is -2.21. The van der Waals surface area contributed by atoms with Gasteiger partial charge in [0.1, 0.15) is 17.3 Å². The number of anilines is 1. The Labute approximate surface area is 240 Å². The second kappa shape index (κ2) is 12.2. The molecule has 41 heavy (non-hydrogen) atoms. The number of carbonyl (C=O) groups is 1. The standard InChI is InChI=1S/C33H38F2N4O2/c1-8-33(34,35)24-13-11-14-25(19-24)37-32(40)29-22(4)36-31(38-29)27-18-23(16-17-39(5)6)30(41-7)28(21(27)3)26-15-10-9-12-20(26)2/h9-15,18-19H,8,16-17H2,1-7H3,(H,36,38)(H,37,40). The fourth-order valence-corrected chi connectivity index (χ4v) is 5.03. The lowest BCUT2D eigenvalue weighted by molar-refractivity contribution is -0.00824. The minimum absolute atomic E-state index is 0.139. The number of halogens is 2. The maximum absolute atomic E-state index is 14.2. The molecule has 0 aliphatic carbocycles. The van der Waals surface area contributed by atoms with Crippen molar-refractivity contribution in [3.05, 3.63) is 88.2 Å². The number of likely N-dealkylation sites (N-methyl/N-ethyl adjacent to an activating group) is 1. The molecule has 0 unspecified atom stereocenters. The van der Waals surface area contributed by atoms with Gasteiger partial charge in [0.05, 0.1) is 7.11 Å². The first kappa shape index (κ1) is 29.9. The van der Waals surface area contributed by atoms with Crippen LogP contribution in [0.25, 0.3) is 22.5 Å². The Hall–Kier alpha value is -4.04. The second-order valence-corrected chi connectivity index (χ2v) is 10.6. The number of amides is 1. The number of imidazole rings is 1. The van der Waals surface area contributed by atoms with Crippen molar-refractivity contribution < 1.29 is 18.3 Å². The highest BCUT2D eigenvalue weighted by Gasteiger charge is 2.29. The van der Waals surface area contributed by atoms with Gasteiger partial charge in [-0.2, -0.15) is 0 Å². The number of nitrogens with zero attached hydrogens (tertiary/aromatic N) is 2. The highest BCUT2D eigenvalue weighted by atomic mass is 19.3. The van der Waals surface area contributed by atoms with Crippen molar-refractivity contribution in [1.29, 1.82) is 0 Å². The number of aryl methyl sites for hydroxylation is 2. The molecule has 0 aliphatic heterocycles. The van der Waals surface area contributed by atoms with Crippen LogP contribution in [0.15, 0.2) is 54.6 Å². The van der Waals surface area contributed by atoms with E-state index in [2.05, 4.69) is 40.3 Å². The van der Waals surface area contributed by atoms with E-state index in [1.54, 1.807) is 20.1 Å². The molecule has 0 saturated carbocycles. The van der Waals surface area contributed by atoms with Crippen LogP contribution >= 0.6 is 0 Å². The number of carbonyl (C=O) groups excluding carboxylic acids is 1. The fourth-order valence-electron chi connectivity index (χ4n) is 5.03. The number of alkyl halides is 2. The zero-order chi connectivity index (χ0) is 29.9. The van der Waals surface area contributed by atoms with Gasteiger partial charge in [0.15, 0.2) is 0 Å². The maximum atomic E-state index is 14.2. The third-order valence-corrected chi connectivity index (χ3v) is 7.40. The summed E-state index contributed by atoms with van der Waals surface area (Å²) in [5.74, 6) is -2.06. The van der Waals surface area contributed by atoms with Crippen LogP contribution < -0.4 is 10.1 Å². The number of aromatic amines is 1. The quantitative estimate of drug-likeness (QED) is 0.210. The molecule has 0 radical (unpaired) electrons. The number of methoxy groups -OCH3 is 1. The van der Waals surface area contributed by atoms with Gasteiger partial charge in [-0.05, 0) is 81.7 Å². The molecule has 2 N–H and O–H groups in total. The predicted molar refractivity (Wildman–Crippen MR) is 161 cm³/mol. The minimum Gasteiger partial charge on any atom is -0.496 e. The number of benzene rings is 3. The molecule has 0 saturated heterocycles. The third-order valence-electron chi connectivity index (χ3n) is 7.40. The molecule has 6 nitrogen and oxygen atoms in total. The van der Waals surface area contributed by atoms with Crippen molar-refractivity contribution in [2.75, 3.05) is 33.1 Å². The Morgan fingerprint density at radius 1 is 1.05 bits per heavy atom. The van der Waals surface area contributed by atoms with Crippen LogP contribution in [0, 0.1) is 20.8 Å². The molecule has 0 spiro atoms. The first-order valence-electron chi connectivity index (χ1n) is 13.7. The number of ether oxygens (including phenoxy) is 1. The molecule has 1 amide bonds. The number of rotatable bonds is 10. The van der Waals surface area contributed by atoms with Crippen LogP contribution in [-0.2, 0) is 12.3 Å². The summed E-state index contributed by atoms with van der Waals surface area (Å²) in [5.41, 5.74) is 6.99. The monoisotopic (exact) mass is 560 g/mol. The summed E-state index contributed by atoms with van der Waals surface area (Å²) < 4.78 is 34.5. The van der Waals surface area contributed by atoms with Gasteiger partial charge in [-0.1, -0.05) is 43.3 Å². The molecule has 216 valence electrons. The largest absolute Gasteiger partial charge is 0.496 e. The van der Waals surface area contributed by atoms with Crippen LogP contribution in [0.2, 0.25) is 0 Å². The average molecular weight is 561 g/mol. The topological polar surface area (TPSA) is 70.2 Å². The number of nitrogens with one attached hydrogen (secondary N) is 2. The zero-order valence-corrected chi connectivity index (χ0v) is 24.8. The number of hydrogen-bond acceptors (Lipinski definition) is 4. The average Bonchev–Trinajstić information content (AvgIpc) is 3.33. The van der Waals surface area contributed by atoms with E-state index in [0.29, 0.717) is 11.5 Å². The van der Waals surface area contributed by atoms with E-state index in [9.17, 15) is 13.6 Å². The molecule has 0 bridgehead atoms. The van der Waals surface area contributed by atoms with Gasteiger partial charge in [0.25, 0.3) is 11.8 Å². The smallest absolute Gasteiger partial charge is 0.276 e. The first-order valence-corrected chi connectivity index (χ1v) is 13.7. The molecule has 3 aromatic carbocycles. The number of H-pyrrole nitrogens is 1. The number of aromatic nitrogens is 2. The van der Waals surface area contributed by atoms with Gasteiger partial charge in [0, 0.05) is 41.0 Å². The summed E-state index contributed by atoms with van der Waals surface area (Å²) in [6, 6.07) is 16.0. The summed E-state index contributed by atoms with van der Waals surface area (Å²) in [4.78, 5) is 23.4. The molecule has 0 aliphatic rings. The van der Waals surface area contributed by atoms with E-state index in [-0.39, 0.29) is 23.4 Å². The summed E-state index contributed by atoms with van der Waals surface area (Å²) in [5, 5.41) is 2.74. The van der Waals surface area contributed by atoms with Crippen molar-refractivity contribution >= 4 is 11.6 Å². The van der Waals surface area contributed by atoms with E-state index < -0.39 is 11.8 Å². The SMILES string of the molecule is CCC(F)(F)c1cccc(NC(=O)c2nc(-c3cc(CCN(C)C)c(OC)c(-c4ccccc4C)c3C)[nH]c2C)c1. The third kappa shape index (κ3) is 6.33. The van der Waals surface area contributed by atoms with Crippen molar-refractivity contribution in [3.63, 3.8) is 0 Å². The summed E-state index contributed by atoms with van der Waals surface area (Å²) in [7, 11) is 5.76. The fraction of sp³-hybridized carbons (Fsp3) is 0.333. The second-order valence-electron chi connectivity index (χ2n) is 10.6. The van der Waals surface area contributed by atoms with E-state index in [0.717, 1.165) is 52.1 Å². The molecular formula is C33H38F2N4O2. The van der Waals surface area contributed by atoms with E-state index in [4.69, 9.17) is 9.72 Å². The highest BCUT2D eigenvalue weighted by Crippen LogP contribution is 2.42. The maximum Gasteiger partial charge on any atom is 0.276 e. The molecule has 4 aromatic rings. The van der Waals surface area contributed by atoms with Crippen molar-refractivity contribution in [2.24, 2.45) is 0 Å².